The van der Waals surface area contributed by atoms with Crippen LogP contribution in [0, 0.1) is 5.92 Å². The molecule has 1 N–H and O–H groups in total. The molecule has 0 fully saturated rings. The van der Waals surface area contributed by atoms with Crippen LogP contribution in [0.15, 0.2) is 0 Å². The van der Waals surface area contributed by atoms with E-state index < -0.39 is 0 Å². The smallest absolute Gasteiger partial charge is 0.0701 e. The van der Waals surface area contributed by atoms with Gasteiger partial charge in [-0.15, -0.1) is 0 Å². The molecule has 0 heterocycles. The fraction of sp³-hybridized carbons (Fsp3) is 1.00. The third-order valence-electron chi connectivity index (χ3n) is 2.49. The minimum absolute atomic E-state index is 0.595. The van der Waals surface area contributed by atoms with Crippen molar-refractivity contribution in [1.82, 2.24) is 5.32 Å². The molecule has 0 aliphatic carbocycles. The van der Waals surface area contributed by atoms with Crippen LogP contribution in [0.5, 0.6) is 0 Å². The number of hydrogen-bond acceptors (Lipinski definition) is 3. The number of ether oxygens (including phenoxy) is 2. The van der Waals surface area contributed by atoms with E-state index in [1.165, 1.54) is 12.8 Å². The van der Waals surface area contributed by atoms with Crippen LogP contribution in [0.3, 0.4) is 0 Å². The summed E-state index contributed by atoms with van der Waals surface area (Å²) in [5, 5.41) is 3.46. The number of rotatable bonds is 11. The third kappa shape index (κ3) is 12.0. The fourth-order valence-electron chi connectivity index (χ4n) is 1.43. The average molecular weight is 231 g/mol. The van der Waals surface area contributed by atoms with Crippen molar-refractivity contribution < 1.29 is 9.47 Å². The summed E-state index contributed by atoms with van der Waals surface area (Å²) in [6.07, 6.45) is 2.54. The second-order valence-corrected chi connectivity index (χ2v) is 4.64. The van der Waals surface area contributed by atoms with Crippen molar-refractivity contribution in [1.29, 1.82) is 0 Å². The fourth-order valence-corrected chi connectivity index (χ4v) is 1.43. The molecule has 0 rings (SSSR count). The first-order valence-electron chi connectivity index (χ1n) is 6.55. The molecule has 0 aromatic heterocycles. The zero-order valence-corrected chi connectivity index (χ0v) is 11.4. The highest BCUT2D eigenvalue weighted by molar-refractivity contribution is 4.61. The van der Waals surface area contributed by atoms with Crippen molar-refractivity contribution in [2.75, 3.05) is 33.0 Å². The molecule has 0 bridgehead atoms. The second-order valence-electron chi connectivity index (χ2n) is 4.64. The molecule has 1 atom stereocenters. The molecular formula is C13H29NO2. The van der Waals surface area contributed by atoms with Crippen LogP contribution in [0.1, 0.15) is 40.5 Å². The highest BCUT2D eigenvalue weighted by Gasteiger charge is 2.02. The second kappa shape index (κ2) is 11.4. The van der Waals surface area contributed by atoms with Crippen LogP contribution in [0.4, 0.5) is 0 Å². The van der Waals surface area contributed by atoms with Gasteiger partial charge in [0.1, 0.15) is 0 Å². The van der Waals surface area contributed by atoms with E-state index in [0.717, 1.165) is 25.7 Å². The van der Waals surface area contributed by atoms with Gasteiger partial charge in [0.25, 0.3) is 0 Å². The molecule has 0 spiro atoms. The third-order valence-corrected chi connectivity index (χ3v) is 2.49. The van der Waals surface area contributed by atoms with Crippen LogP contribution < -0.4 is 5.32 Å². The first-order chi connectivity index (χ1) is 7.66. The van der Waals surface area contributed by atoms with Crippen molar-refractivity contribution >= 4 is 0 Å². The van der Waals surface area contributed by atoms with Crippen molar-refractivity contribution in [3.05, 3.63) is 0 Å². The van der Waals surface area contributed by atoms with Crippen LogP contribution in [0.25, 0.3) is 0 Å². The Morgan fingerprint density at radius 3 is 2.25 bits per heavy atom. The summed E-state index contributed by atoms with van der Waals surface area (Å²) in [5.74, 6) is 0.798. The Morgan fingerprint density at radius 1 is 0.938 bits per heavy atom. The molecule has 16 heavy (non-hydrogen) atoms. The lowest BCUT2D eigenvalue weighted by Crippen LogP contribution is -2.30. The van der Waals surface area contributed by atoms with Gasteiger partial charge in [-0.2, -0.15) is 0 Å². The summed E-state index contributed by atoms with van der Waals surface area (Å²) in [4.78, 5) is 0. The first kappa shape index (κ1) is 15.9. The van der Waals surface area contributed by atoms with Gasteiger partial charge in [0, 0.05) is 19.2 Å². The monoisotopic (exact) mass is 231 g/mol. The van der Waals surface area contributed by atoms with Crippen LogP contribution in [-0.2, 0) is 9.47 Å². The van der Waals surface area contributed by atoms with Gasteiger partial charge >= 0.3 is 0 Å². The summed E-state index contributed by atoms with van der Waals surface area (Å²) >= 11 is 0. The predicted octanol–water partition coefficient (Wildman–Crippen LogP) is 2.45. The molecule has 0 saturated carbocycles. The molecule has 0 radical (unpaired) electrons. The average Bonchev–Trinajstić information content (AvgIpc) is 2.25. The Hall–Kier alpha value is -0.120. The lowest BCUT2D eigenvalue weighted by atomic mass is 10.0. The van der Waals surface area contributed by atoms with E-state index >= 15 is 0 Å². The van der Waals surface area contributed by atoms with Gasteiger partial charge in [0.15, 0.2) is 0 Å². The zero-order valence-electron chi connectivity index (χ0n) is 11.4. The lowest BCUT2D eigenvalue weighted by molar-refractivity contribution is 0.0533. The molecule has 1 unspecified atom stereocenters. The van der Waals surface area contributed by atoms with Crippen molar-refractivity contribution in [2.24, 2.45) is 5.92 Å². The minimum Gasteiger partial charge on any atom is -0.379 e. The molecule has 0 saturated heterocycles. The molecule has 98 valence electrons. The summed E-state index contributed by atoms with van der Waals surface area (Å²) in [5.41, 5.74) is 0. The van der Waals surface area contributed by atoms with E-state index in [-0.39, 0.29) is 0 Å². The molecule has 0 aliphatic heterocycles. The summed E-state index contributed by atoms with van der Waals surface area (Å²) in [6, 6.07) is 0.595. The molecule has 0 aromatic rings. The van der Waals surface area contributed by atoms with Crippen LogP contribution in [0.2, 0.25) is 0 Å². The molecular weight excluding hydrogens is 202 g/mol. The van der Waals surface area contributed by atoms with Crippen molar-refractivity contribution in [2.45, 2.75) is 46.6 Å². The maximum atomic E-state index is 5.42. The van der Waals surface area contributed by atoms with E-state index in [4.69, 9.17) is 9.47 Å². The number of nitrogens with one attached hydrogen (secondary N) is 1. The Kier molecular flexibility index (Phi) is 11.3. The largest absolute Gasteiger partial charge is 0.379 e. The predicted molar refractivity (Wildman–Crippen MR) is 68.8 cm³/mol. The van der Waals surface area contributed by atoms with Gasteiger partial charge in [-0.05, 0) is 32.6 Å². The highest BCUT2D eigenvalue weighted by Crippen LogP contribution is 2.05. The molecule has 3 nitrogen and oxygen atoms in total. The molecule has 3 heteroatoms. The van der Waals surface area contributed by atoms with E-state index in [0.29, 0.717) is 19.3 Å². The Morgan fingerprint density at radius 2 is 1.62 bits per heavy atom. The maximum Gasteiger partial charge on any atom is 0.0701 e. The van der Waals surface area contributed by atoms with E-state index in [1.54, 1.807) is 0 Å². The SMILES string of the molecule is CCOCCOCCNC(C)CCC(C)C. The van der Waals surface area contributed by atoms with E-state index in [1.807, 2.05) is 6.92 Å². The summed E-state index contributed by atoms with van der Waals surface area (Å²) in [6.45, 7) is 12.7. The topological polar surface area (TPSA) is 30.5 Å². The molecule has 0 aliphatic rings. The highest BCUT2D eigenvalue weighted by atomic mass is 16.5. The van der Waals surface area contributed by atoms with Gasteiger partial charge in [0.05, 0.1) is 19.8 Å². The van der Waals surface area contributed by atoms with Crippen LogP contribution in [-0.4, -0.2) is 39.0 Å². The van der Waals surface area contributed by atoms with Gasteiger partial charge in [-0.3, -0.25) is 0 Å². The Labute approximate surface area is 101 Å². The van der Waals surface area contributed by atoms with Gasteiger partial charge in [-0.1, -0.05) is 13.8 Å². The quantitative estimate of drug-likeness (QED) is 0.554. The Bertz CT molecular complexity index is 140. The molecule has 0 amide bonds. The summed E-state index contributed by atoms with van der Waals surface area (Å²) in [7, 11) is 0. The van der Waals surface area contributed by atoms with E-state index in [2.05, 4.69) is 26.1 Å². The minimum atomic E-state index is 0.595. The normalized spacial score (nSPS) is 13.3. The van der Waals surface area contributed by atoms with E-state index in [9.17, 15) is 0 Å². The zero-order chi connectivity index (χ0) is 12.2. The standard InChI is InChI=1S/C13H29NO2/c1-5-15-10-11-16-9-8-14-13(4)7-6-12(2)3/h12-14H,5-11H2,1-4H3. The van der Waals surface area contributed by atoms with Crippen molar-refractivity contribution in [3.8, 4) is 0 Å². The van der Waals surface area contributed by atoms with Crippen molar-refractivity contribution in [3.63, 3.8) is 0 Å². The lowest BCUT2D eigenvalue weighted by Gasteiger charge is -2.15. The van der Waals surface area contributed by atoms with Gasteiger partial charge < -0.3 is 14.8 Å². The van der Waals surface area contributed by atoms with Crippen LogP contribution >= 0.6 is 0 Å². The molecule has 0 aromatic carbocycles. The first-order valence-corrected chi connectivity index (χ1v) is 6.55. The Balaban J connectivity index is 3.12. The summed E-state index contributed by atoms with van der Waals surface area (Å²) < 4.78 is 10.6. The van der Waals surface area contributed by atoms with Gasteiger partial charge in [-0.25, -0.2) is 0 Å². The van der Waals surface area contributed by atoms with Gasteiger partial charge in [0.2, 0.25) is 0 Å². The number of hydrogen-bond donors (Lipinski definition) is 1. The maximum absolute atomic E-state index is 5.42.